The smallest absolute Gasteiger partial charge is 0.307 e. The lowest BCUT2D eigenvalue weighted by Gasteiger charge is -2.14. The number of carboxylic acids is 1. The minimum Gasteiger partial charge on any atom is -0.497 e. The number of rotatable bonds is 8. The molecule has 0 amide bonds. The fraction of sp³-hybridized carbons (Fsp3) is 0.200. The van der Waals surface area contributed by atoms with Crippen LogP contribution in [0.25, 0.3) is 5.57 Å². The Balaban J connectivity index is 2.65. The zero-order valence-electron chi connectivity index (χ0n) is 14.9. The molecule has 0 saturated carbocycles. The molecule has 0 radical (unpaired) electrons. The van der Waals surface area contributed by atoms with Crippen molar-refractivity contribution in [2.75, 3.05) is 21.3 Å². The minimum absolute atomic E-state index is 0.194. The summed E-state index contributed by atoms with van der Waals surface area (Å²) in [5.41, 5.74) is 2.96. The van der Waals surface area contributed by atoms with Crippen LogP contribution < -0.4 is 9.47 Å². The van der Waals surface area contributed by atoms with Crippen molar-refractivity contribution in [3.63, 3.8) is 0 Å². The van der Waals surface area contributed by atoms with Crippen LogP contribution in [0.5, 0.6) is 11.5 Å². The Hall–Kier alpha value is -3.28. The van der Waals surface area contributed by atoms with E-state index in [1.165, 1.54) is 13.3 Å². The van der Waals surface area contributed by atoms with E-state index in [9.17, 15) is 9.90 Å². The molecule has 0 aliphatic carbocycles. The van der Waals surface area contributed by atoms with Crippen molar-refractivity contribution in [2.24, 2.45) is 5.16 Å². The number of hydrogen-bond acceptors (Lipinski definition) is 5. The molecule has 0 spiro atoms. The molecule has 0 fully saturated rings. The molecule has 0 unspecified atom stereocenters. The molecule has 2 rings (SSSR count). The van der Waals surface area contributed by atoms with Gasteiger partial charge in [0.2, 0.25) is 0 Å². The maximum absolute atomic E-state index is 11.4. The second-order valence-corrected chi connectivity index (χ2v) is 5.34. The molecular weight excluding hydrogens is 334 g/mol. The van der Waals surface area contributed by atoms with E-state index in [4.69, 9.17) is 14.3 Å². The number of hydrogen-bond donors (Lipinski definition) is 1. The van der Waals surface area contributed by atoms with Crippen molar-refractivity contribution in [3.8, 4) is 11.5 Å². The van der Waals surface area contributed by atoms with E-state index in [0.717, 1.165) is 16.7 Å². The molecule has 0 bridgehead atoms. The molecule has 0 saturated heterocycles. The molecular formula is C20H21NO5. The maximum Gasteiger partial charge on any atom is 0.307 e. The van der Waals surface area contributed by atoms with Gasteiger partial charge in [0.1, 0.15) is 18.6 Å². The number of methoxy groups -OCH3 is 2. The first-order chi connectivity index (χ1) is 12.6. The SMILES string of the molecule is CON=CC(CC(=O)O)=C(c1ccc(OC)cc1)c1ccc(OC)cc1. The highest BCUT2D eigenvalue weighted by atomic mass is 16.6. The lowest BCUT2D eigenvalue weighted by Crippen LogP contribution is -2.04. The van der Waals surface area contributed by atoms with Gasteiger partial charge < -0.3 is 19.4 Å². The van der Waals surface area contributed by atoms with Crippen molar-refractivity contribution in [1.82, 2.24) is 0 Å². The van der Waals surface area contributed by atoms with E-state index >= 15 is 0 Å². The molecule has 0 aliphatic rings. The molecule has 6 heteroatoms. The number of ether oxygens (including phenoxy) is 2. The van der Waals surface area contributed by atoms with Gasteiger partial charge in [-0.05, 0) is 46.5 Å². The maximum atomic E-state index is 11.4. The number of benzene rings is 2. The van der Waals surface area contributed by atoms with E-state index in [1.807, 2.05) is 48.5 Å². The number of oxime groups is 1. The van der Waals surface area contributed by atoms with E-state index in [0.29, 0.717) is 17.1 Å². The van der Waals surface area contributed by atoms with E-state index in [1.54, 1.807) is 14.2 Å². The van der Waals surface area contributed by atoms with Gasteiger partial charge in [0.15, 0.2) is 0 Å². The summed E-state index contributed by atoms with van der Waals surface area (Å²) in [6.07, 6.45) is 1.23. The van der Waals surface area contributed by atoms with Gasteiger partial charge in [-0.1, -0.05) is 29.4 Å². The summed E-state index contributed by atoms with van der Waals surface area (Å²) in [5, 5.41) is 13.1. The summed E-state index contributed by atoms with van der Waals surface area (Å²) >= 11 is 0. The van der Waals surface area contributed by atoms with Gasteiger partial charge in [0.25, 0.3) is 0 Å². The predicted molar refractivity (Wildman–Crippen MR) is 99.8 cm³/mol. The Morgan fingerprint density at radius 1 is 0.923 bits per heavy atom. The molecule has 2 aromatic carbocycles. The van der Waals surface area contributed by atoms with Crippen LogP contribution in [0.3, 0.4) is 0 Å². The normalized spacial score (nSPS) is 10.4. The van der Waals surface area contributed by atoms with E-state index in [-0.39, 0.29) is 6.42 Å². The summed E-state index contributed by atoms with van der Waals surface area (Å²) in [6.45, 7) is 0. The summed E-state index contributed by atoms with van der Waals surface area (Å²) in [7, 11) is 4.60. The summed E-state index contributed by atoms with van der Waals surface area (Å²) in [6, 6.07) is 14.8. The number of aliphatic carboxylic acids is 1. The van der Waals surface area contributed by atoms with Gasteiger partial charge in [-0.3, -0.25) is 4.79 Å². The Morgan fingerprint density at radius 3 is 1.73 bits per heavy atom. The zero-order chi connectivity index (χ0) is 18.9. The lowest BCUT2D eigenvalue weighted by atomic mass is 9.92. The van der Waals surface area contributed by atoms with Gasteiger partial charge in [0.05, 0.1) is 26.9 Å². The third kappa shape index (κ3) is 4.86. The monoisotopic (exact) mass is 355 g/mol. The van der Waals surface area contributed by atoms with Crippen molar-refractivity contribution in [3.05, 3.63) is 65.2 Å². The highest BCUT2D eigenvalue weighted by Gasteiger charge is 2.14. The van der Waals surface area contributed by atoms with Crippen LogP contribution >= 0.6 is 0 Å². The Kier molecular flexibility index (Phi) is 6.79. The van der Waals surface area contributed by atoms with Crippen molar-refractivity contribution >= 4 is 17.8 Å². The Morgan fingerprint density at radius 2 is 1.38 bits per heavy atom. The Bertz CT molecular complexity index is 742. The largest absolute Gasteiger partial charge is 0.497 e. The first-order valence-electron chi connectivity index (χ1n) is 7.89. The van der Waals surface area contributed by atoms with Crippen LogP contribution in [-0.4, -0.2) is 38.6 Å². The summed E-state index contributed by atoms with van der Waals surface area (Å²) < 4.78 is 10.4. The van der Waals surface area contributed by atoms with Crippen LogP contribution in [-0.2, 0) is 9.63 Å². The third-order valence-electron chi connectivity index (χ3n) is 3.73. The van der Waals surface area contributed by atoms with Crippen LogP contribution in [0.15, 0.2) is 59.3 Å². The fourth-order valence-electron chi connectivity index (χ4n) is 2.53. The molecule has 0 atom stereocenters. The van der Waals surface area contributed by atoms with Crippen LogP contribution in [0.2, 0.25) is 0 Å². The van der Waals surface area contributed by atoms with Crippen molar-refractivity contribution < 1.29 is 24.2 Å². The fourth-order valence-corrected chi connectivity index (χ4v) is 2.53. The molecule has 1 N–H and O–H groups in total. The molecule has 0 aliphatic heterocycles. The van der Waals surface area contributed by atoms with Gasteiger partial charge in [0, 0.05) is 0 Å². The summed E-state index contributed by atoms with van der Waals surface area (Å²) in [5.74, 6) is 0.475. The highest BCUT2D eigenvalue weighted by molar-refractivity contribution is 6.00. The summed E-state index contributed by atoms with van der Waals surface area (Å²) in [4.78, 5) is 16.1. The van der Waals surface area contributed by atoms with Crippen molar-refractivity contribution in [1.29, 1.82) is 0 Å². The topological polar surface area (TPSA) is 77.4 Å². The van der Waals surface area contributed by atoms with Gasteiger partial charge >= 0.3 is 5.97 Å². The first-order valence-corrected chi connectivity index (χ1v) is 7.89. The minimum atomic E-state index is -0.956. The highest BCUT2D eigenvalue weighted by Crippen LogP contribution is 2.30. The molecule has 2 aromatic rings. The molecule has 26 heavy (non-hydrogen) atoms. The van der Waals surface area contributed by atoms with E-state index < -0.39 is 5.97 Å². The zero-order valence-corrected chi connectivity index (χ0v) is 14.9. The third-order valence-corrected chi connectivity index (χ3v) is 3.73. The predicted octanol–water partition coefficient (Wildman–Crippen LogP) is 3.61. The quantitative estimate of drug-likeness (QED) is 0.578. The van der Waals surface area contributed by atoms with Crippen LogP contribution in [0.4, 0.5) is 0 Å². The van der Waals surface area contributed by atoms with Gasteiger partial charge in [-0.15, -0.1) is 0 Å². The van der Waals surface area contributed by atoms with Crippen LogP contribution in [0, 0.1) is 0 Å². The number of carbonyl (C=O) groups is 1. The van der Waals surface area contributed by atoms with Crippen molar-refractivity contribution in [2.45, 2.75) is 6.42 Å². The standard InChI is InChI=1S/C20H21NO5/c1-24-17-8-4-14(5-9-17)20(15-6-10-18(25-2)11-7-15)16(12-19(22)23)13-21-26-3/h4-11,13H,12H2,1-3H3,(H,22,23). The number of carboxylic acid groups (broad SMARTS) is 1. The average molecular weight is 355 g/mol. The first kappa shape index (κ1) is 19.1. The second kappa shape index (κ2) is 9.27. The number of nitrogens with zero attached hydrogens (tertiary/aromatic N) is 1. The average Bonchev–Trinajstić information content (AvgIpc) is 2.67. The van der Waals surface area contributed by atoms with E-state index in [2.05, 4.69) is 5.16 Å². The molecule has 6 nitrogen and oxygen atoms in total. The second-order valence-electron chi connectivity index (χ2n) is 5.34. The molecule has 0 heterocycles. The van der Waals surface area contributed by atoms with Gasteiger partial charge in [-0.2, -0.15) is 0 Å². The molecule has 0 aromatic heterocycles. The Labute approximate surface area is 152 Å². The van der Waals surface area contributed by atoms with Crippen LogP contribution in [0.1, 0.15) is 17.5 Å². The van der Waals surface area contributed by atoms with Gasteiger partial charge in [-0.25, -0.2) is 0 Å². The molecule has 136 valence electrons. The lowest BCUT2D eigenvalue weighted by molar-refractivity contribution is -0.136.